The Hall–Kier alpha value is -2.62. The molecular weight excluding hydrogens is 352 g/mol. The zero-order valence-corrected chi connectivity index (χ0v) is 15.7. The number of ether oxygens (including phenoxy) is 2. The van der Waals surface area contributed by atoms with Gasteiger partial charge in [0.2, 0.25) is 0 Å². The Morgan fingerprint density at radius 2 is 1.29 bits per heavy atom. The molecule has 4 unspecified atom stereocenters. The number of benzene rings is 2. The summed E-state index contributed by atoms with van der Waals surface area (Å²) in [6, 6.07) is 18.1. The van der Waals surface area contributed by atoms with Crippen LogP contribution in [0.15, 0.2) is 60.7 Å². The van der Waals surface area contributed by atoms with Gasteiger partial charge >= 0.3 is 11.9 Å². The summed E-state index contributed by atoms with van der Waals surface area (Å²) in [5.41, 5.74) is 1.08. The molecule has 0 saturated heterocycles. The Morgan fingerprint density at radius 1 is 0.714 bits per heavy atom. The summed E-state index contributed by atoms with van der Waals surface area (Å²) in [6.07, 6.45) is 3.78. The molecule has 2 bridgehead atoms. The minimum Gasteiger partial charge on any atom is -0.455 e. The highest BCUT2D eigenvalue weighted by Gasteiger charge is 2.59. The van der Waals surface area contributed by atoms with E-state index in [2.05, 4.69) is 0 Å². The fraction of sp³-hybridized carbons (Fsp3) is 0.417. The average Bonchev–Trinajstić information content (AvgIpc) is 3.43. The molecule has 3 aliphatic carbocycles. The highest BCUT2D eigenvalue weighted by Crippen LogP contribution is 2.60. The Balaban J connectivity index is 1.37. The molecule has 0 spiro atoms. The molecule has 0 heterocycles. The third kappa shape index (κ3) is 3.01. The molecule has 0 N–H and O–H groups in total. The number of hydrogen-bond acceptors (Lipinski definition) is 4. The average molecular weight is 376 g/mol. The quantitative estimate of drug-likeness (QED) is 0.737. The molecular formula is C24H24O4. The number of carbonyl (C=O) groups is 2. The lowest BCUT2D eigenvalue weighted by Crippen LogP contribution is -2.37. The van der Waals surface area contributed by atoms with Gasteiger partial charge in [-0.15, -0.1) is 0 Å². The molecule has 0 aliphatic heterocycles. The lowest BCUT2D eigenvalue weighted by Gasteiger charge is -2.29. The van der Waals surface area contributed by atoms with E-state index in [1.54, 1.807) is 24.3 Å². The van der Waals surface area contributed by atoms with E-state index >= 15 is 0 Å². The highest BCUT2D eigenvalue weighted by atomic mass is 16.6. The van der Waals surface area contributed by atoms with E-state index in [1.807, 2.05) is 36.4 Å². The van der Waals surface area contributed by atoms with E-state index < -0.39 is 0 Å². The van der Waals surface area contributed by atoms with Crippen LogP contribution in [0.25, 0.3) is 0 Å². The summed E-state index contributed by atoms with van der Waals surface area (Å²) < 4.78 is 11.9. The number of hydrogen-bond donors (Lipinski definition) is 0. The maximum atomic E-state index is 12.7. The van der Waals surface area contributed by atoms with Gasteiger partial charge in [-0.25, -0.2) is 9.59 Å². The Labute approximate surface area is 164 Å². The molecule has 3 fully saturated rings. The monoisotopic (exact) mass is 376 g/mol. The summed E-state index contributed by atoms with van der Waals surface area (Å²) in [7, 11) is 0. The van der Waals surface area contributed by atoms with Gasteiger partial charge in [-0.2, -0.15) is 0 Å². The first-order chi connectivity index (χ1) is 13.7. The zero-order valence-electron chi connectivity index (χ0n) is 15.7. The normalized spacial score (nSPS) is 32.7. The molecule has 3 aliphatic rings. The predicted octanol–water partition coefficient (Wildman–Crippen LogP) is 4.50. The second-order valence-electron chi connectivity index (χ2n) is 8.36. The first kappa shape index (κ1) is 17.5. The van der Waals surface area contributed by atoms with Crippen molar-refractivity contribution in [1.82, 2.24) is 0 Å². The Bertz CT molecular complexity index is 863. The van der Waals surface area contributed by atoms with Crippen LogP contribution in [0.1, 0.15) is 46.4 Å². The third-order valence-electron chi connectivity index (χ3n) is 6.93. The van der Waals surface area contributed by atoms with E-state index in [-0.39, 0.29) is 24.1 Å². The predicted molar refractivity (Wildman–Crippen MR) is 104 cm³/mol. The van der Waals surface area contributed by atoms with Crippen molar-refractivity contribution in [2.45, 2.75) is 37.9 Å². The molecule has 0 aromatic heterocycles. The van der Waals surface area contributed by atoms with Gasteiger partial charge in [-0.1, -0.05) is 36.4 Å². The van der Waals surface area contributed by atoms with Crippen molar-refractivity contribution in [3.63, 3.8) is 0 Å². The number of rotatable bonds is 4. The topological polar surface area (TPSA) is 52.6 Å². The van der Waals surface area contributed by atoms with E-state index in [1.165, 1.54) is 19.3 Å². The first-order valence-corrected chi connectivity index (χ1v) is 10.2. The van der Waals surface area contributed by atoms with Crippen LogP contribution in [-0.2, 0) is 9.47 Å². The molecule has 3 saturated carbocycles. The number of esters is 2. The van der Waals surface area contributed by atoms with Gasteiger partial charge < -0.3 is 9.47 Å². The molecule has 2 aromatic carbocycles. The molecule has 6 atom stereocenters. The number of carbonyl (C=O) groups excluding carboxylic acids is 2. The molecule has 0 radical (unpaired) electrons. The van der Waals surface area contributed by atoms with Crippen LogP contribution >= 0.6 is 0 Å². The van der Waals surface area contributed by atoms with Crippen molar-refractivity contribution in [2.75, 3.05) is 0 Å². The van der Waals surface area contributed by atoms with Gasteiger partial charge in [0.1, 0.15) is 12.2 Å². The first-order valence-electron chi connectivity index (χ1n) is 10.2. The van der Waals surface area contributed by atoms with Crippen LogP contribution < -0.4 is 0 Å². The zero-order chi connectivity index (χ0) is 19.1. The van der Waals surface area contributed by atoms with E-state index in [9.17, 15) is 9.59 Å². The molecule has 4 nitrogen and oxygen atoms in total. The van der Waals surface area contributed by atoms with Gasteiger partial charge in [0, 0.05) is 5.92 Å². The van der Waals surface area contributed by atoms with Crippen LogP contribution in [0.2, 0.25) is 0 Å². The second kappa shape index (κ2) is 7.08. The third-order valence-corrected chi connectivity index (χ3v) is 6.93. The summed E-state index contributed by atoms with van der Waals surface area (Å²) in [5, 5.41) is 0. The van der Waals surface area contributed by atoms with E-state index in [4.69, 9.17) is 9.47 Å². The molecule has 144 valence electrons. The molecule has 5 rings (SSSR count). The minimum atomic E-state index is -0.362. The van der Waals surface area contributed by atoms with Gasteiger partial charge in [0.25, 0.3) is 0 Å². The van der Waals surface area contributed by atoms with Crippen molar-refractivity contribution >= 4 is 11.9 Å². The van der Waals surface area contributed by atoms with Gasteiger partial charge in [-0.05, 0) is 67.7 Å². The SMILES string of the molecule is O=C(O[C@@H]1CC2C3CCC(C3)C2[C@@H]1OC(=O)c1ccccc1)c1ccccc1. The van der Waals surface area contributed by atoms with Crippen LogP contribution in [0.4, 0.5) is 0 Å². The van der Waals surface area contributed by atoms with E-state index in [0.29, 0.717) is 34.8 Å². The maximum Gasteiger partial charge on any atom is 0.338 e. The van der Waals surface area contributed by atoms with Crippen molar-refractivity contribution in [3.05, 3.63) is 71.8 Å². The lowest BCUT2D eigenvalue weighted by molar-refractivity contribution is -0.0416. The fourth-order valence-corrected chi connectivity index (χ4v) is 5.78. The molecule has 0 amide bonds. The Morgan fingerprint density at radius 3 is 1.93 bits per heavy atom. The van der Waals surface area contributed by atoms with E-state index in [0.717, 1.165) is 6.42 Å². The molecule has 2 aromatic rings. The Kier molecular flexibility index (Phi) is 4.42. The smallest absolute Gasteiger partial charge is 0.338 e. The van der Waals surface area contributed by atoms with Gasteiger partial charge in [0.15, 0.2) is 0 Å². The molecule has 28 heavy (non-hydrogen) atoms. The van der Waals surface area contributed by atoms with Crippen LogP contribution in [0.3, 0.4) is 0 Å². The second-order valence-corrected chi connectivity index (χ2v) is 8.36. The lowest BCUT2D eigenvalue weighted by atomic mass is 9.81. The van der Waals surface area contributed by atoms with Gasteiger partial charge in [0.05, 0.1) is 11.1 Å². The van der Waals surface area contributed by atoms with Crippen LogP contribution in [0.5, 0.6) is 0 Å². The van der Waals surface area contributed by atoms with Crippen molar-refractivity contribution in [2.24, 2.45) is 23.7 Å². The van der Waals surface area contributed by atoms with Crippen molar-refractivity contribution < 1.29 is 19.1 Å². The van der Waals surface area contributed by atoms with Crippen LogP contribution in [0, 0.1) is 23.7 Å². The largest absolute Gasteiger partial charge is 0.455 e. The standard InChI is InChI=1S/C24H24O4/c25-23(15-7-3-1-4-8-15)27-20-14-19-17-11-12-18(13-17)21(19)22(20)28-24(26)16-9-5-2-6-10-16/h1-10,17-22H,11-14H2/t17?,18?,19?,20-,21?,22-/m1/s1. The maximum absolute atomic E-state index is 12.7. The number of fused-ring (bicyclic) bond motifs is 5. The van der Waals surface area contributed by atoms with Crippen LogP contribution in [-0.4, -0.2) is 24.1 Å². The highest BCUT2D eigenvalue weighted by molar-refractivity contribution is 5.90. The summed E-state index contributed by atoms with van der Waals surface area (Å²) >= 11 is 0. The van der Waals surface area contributed by atoms with Crippen molar-refractivity contribution in [3.8, 4) is 0 Å². The summed E-state index contributed by atoms with van der Waals surface area (Å²) in [5.74, 6) is 1.44. The van der Waals surface area contributed by atoms with Crippen molar-refractivity contribution in [1.29, 1.82) is 0 Å². The van der Waals surface area contributed by atoms with Gasteiger partial charge in [-0.3, -0.25) is 0 Å². The summed E-state index contributed by atoms with van der Waals surface area (Å²) in [4.78, 5) is 25.4. The minimum absolute atomic E-state index is 0.319. The summed E-state index contributed by atoms with van der Waals surface area (Å²) in [6.45, 7) is 0. The molecule has 4 heteroatoms. The fourth-order valence-electron chi connectivity index (χ4n) is 5.78.